The van der Waals surface area contributed by atoms with Crippen molar-refractivity contribution in [2.75, 3.05) is 19.6 Å². The summed E-state index contributed by atoms with van der Waals surface area (Å²) in [4.78, 5) is 13.9. The van der Waals surface area contributed by atoms with E-state index in [1.165, 1.54) is 0 Å². The summed E-state index contributed by atoms with van der Waals surface area (Å²) in [6.45, 7) is 8.61. The second-order valence-corrected chi connectivity index (χ2v) is 5.24. The zero-order valence-electron chi connectivity index (χ0n) is 11.1. The number of nitrogens with zero attached hydrogens (tertiary/aromatic N) is 1. The van der Waals surface area contributed by atoms with E-state index in [9.17, 15) is 4.79 Å². The molecular weight excluding hydrogens is 238 g/mol. The number of rotatable bonds is 4. The first-order chi connectivity index (χ1) is 7.49. The molecular formula is C12H26ClN3O. The first-order valence-electron chi connectivity index (χ1n) is 6.26. The highest BCUT2D eigenvalue weighted by Crippen LogP contribution is 2.07. The van der Waals surface area contributed by atoms with Gasteiger partial charge in [0.25, 0.3) is 0 Å². The highest BCUT2D eigenvalue weighted by atomic mass is 35.5. The largest absolute Gasteiger partial charge is 0.352 e. The van der Waals surface area contributed by atoms with Crippen molar-refractivity contribution >= 4 is 18.3 Å². The summed E-state index contributed by atoms with van der Waals surface area (Å²) in [6.07, 6.45) is 2.19. The van der Waals surface area contributed by atoms with Crippen LogP contribution in [0.5, 0.6) is 0 Å². The van der Waals surface area contributed by atoms with Crippen molar-refractivity contribution in [3.05, 3.63) is 0 Å². The van der Waals surface area contributed by atoms with Gasteiger partial charge in [0.1, 0.15) is 0 Å². The number of carbonyl (C=O) groups is 1. The fourth-order valence-electron chi connectivity index (χ4n) is 1.90. The molecule has 1 unspecified atom stereocenters. The number of hydrogen-bond acceptors (Lipinski definition) is 3. The highest BCUT2D eigenvalue weighted by molar-refractivity contribution is 5.85. The second-order valence-electron chi connectivity index (χ2n) is 5.24. The van der Waals surface area contributed by atoms with E-state index in [-0.39, 0.29) is 30.4 Å². The van der Waals surface area contributed by atoms with Crippen molar-refractivity contribution < 1.29 is 4.79 Å². The maximum absolute atomic E-state index is 11.7. The van der Waals surface area contributed by atoms with Crippen molar-refractivity contribution in [2.24, 2.45) is 11.7 Å². The zero-order chi connectivity index (χ0) is 12.1. The smallest absolute Gasteiger partial charge is 0.234 e. The molecule has 0 aromatic rings. The van der Waals surface area contributed by atoms with Crippen LogP contribution in [0.1, 0.15) is 33.6 Å². The Morgan fingerprint density at radius 1 is 1.47 bits per heavy atom. The second kappa shape index (κ2) is 7.90. The summed E-state index contributed by atoms with van der Waals surface area (Å²) < 4.78 is 0. The van der Waals surface area contributed by atoms with Gasteiger partial charge in [0, 0.05) is 18.6 Å². The van der Waals surface area contributed by atoms with Crippen LogP contribution in [0.4, 0.5) is 0 Å². The molecule has 2 atom stereocenters. The zero-order valence-corrected chi connectivity index (χ0v) is 11.9. The maximum Gasteiger partial charge on any atom is 0.234 e. The Labute approximate surface area is 111 Å². The minimum Gasteiger partial charge on any atom is -0.352 e. The van der Waals surface area contributed by atoms with Gasteiger partial charge in [-0.15, -0.1) is 12.4 Å². The predicted octanol–water partition coefficient (Wildman–Crippen LogP) is 0.992. The van der Waals surface area contributed by atoms with Crippen molar-refractivity contribution in [1.82, 2.24) is 10.2 Å². The Bertz CT molecular complexity index is 236. The Morgan fingerprint density at radius 2 is 2.12 bits per heavy atom. The minimum absolute atomic E-state index is 0. The SMILES string of the molecule is CC(C)C(C)NC(=O)CN1CCC[C@@H](N)C1.Cl. The number of likely N-dealkylation sites (tertiary alicyclic amines) is 1. The highest BCUT2D eigenvalue weighted by Gasteiger charge is 2.19. The molecule has 1 aliphatic heterocycles. The van der Waals surface area contributed by atoms with Crippen LogP contribution in [-0.2, 0) is 4.79 Å². The van der Waals surface area contributed by atoms with E-state index in [0.29, 0.717) is 12.5 Å². The van der Waals surface area contributed by atoms with Crippen LogP contribution < -0.4 is 11.1 Å². The van der Waals surface area contributed by atoms with Crippen LogP contribution in [-0.4, -0.2) is 42.5 Å². The van der Waals surface area contributed by atoms with Crippen LogP contribution in [0, 0.1) is 5.92 Å². The van der Waals surface area contributed by atoms with Gasteiger partial charge in [-0.3, -0.25) is 9.69 Å². The standard InChI is InChI=1S/C12H25N3O.ClH/c1-9(2)10(3)14-12(16)8-15-6-4-5-11(13)7-15;/h9-11H,4-8,13H2,1-3H3,(H,14,16);1H/t10?,11-;/m1./s1. The topological polar surface area (TPSA) is 58.4 Å². The predicted molar refractivity (Wildman–Crippen MR) is 73.3 cm³/mol. The lowest BCUT2D eigenvalue weighted by molar-refractivity contribution is -0.123. The van der Waals surface area contributed by atoms with Gasteiger partial charge < -0.3 is 11.1 Å². The quantitative estimate of drug-likeness (QED) is 0.795. The molecule has 1 rings (SSSR count). The van der Waals surface area contributed by atoms with Crippen LogP contribution in [0.25, 0.3) is 0 Å². The van der Waals surface area contributed by atoms with E-state index in [4.69, 9.17) is 5.73 Å². The fraction of sp³-hybridized carbons (Fsp3) is 0.917. The van der Waals surface area contributed by atoms with Crippen LogP contribution in [0.2, 0.25) is 0 Å². The number of halogens is 1. The summed E-state index contributed by atoms with van der Waals surface area (Å²) in [7, 11) is 0. The normalized spacial score (nSPS) is 23.0. The molecule has 1 heterocycles. The van der Waals surface area contributed by atoms with Crippen LogP contribution >= 0.6 is 12.4 Å². The Hall–Kier alpha value is -0.320. The molecule has 0 bridgehead atoms. The van der Waals surface area contributed by atoms with E-state index in [1.807, 2.05) is 6.92 Å². The molecule has 17 heavy (non-hydrogen) atoms. The van der Waals surface area contributed by atoms with E-state index in [1.54, 1.807) is 0 Å². The van der Waals surface area contributed by atoms with Gasteiger partial charge in [-0.05, 0) is 32.2 Å². The van der Waals surface area contributed by atoms with Crippen LogP contribution in [0.15, 0.2) is 0 Å². The molecule has 1 saturated heterocycles. The molecule has 0 aromatic carbocycles. The van der Waals surface area contributed by atoms with E-state index < -0.39 is 0 Å². The molecule has 0 aliphatic carbocycles. The number of nitrogens with two attached hydrogens (primary N) is 1. The van der Waals surface area contributed by atoms with Crippen molar-refractivity contribution in [3.63, 3.8) is 0 Å². The van der Waals surface area contributed by atoms with Crippen molar-refractivity contribution in [3.8, 4) is 0 Å². The lowest BCUT2D eigenvalue weighted by Gasteiger charge is -2.30. The molecule has 102 valence electrons. The molecule has 1 amide bonds. The lowest BCUT2D eigenvalue weighted by atomic mass is 10.1. The summed E-state index contributed by atoms with van der Waals surface area (Å²) in [5.41, 5.74) is 5.88. The number of piperidine rings is 1. The van der Waals surface area contributed by atoms with Gasteiger partial charge >= 0.3 is 0 Å². The van der Waals surface area contributed by atoms with Gasteiger partial charge in [-0.2, -0.15) is 0 Å². The first kappa shape index (κ1) is 16.7. The van der Waals surface area contributed by atoms with E-state index in [0.717, 1.165) is 25.9 Å². The summed E-state index contributed by atoms with van der Waals surface area (Å²) >= 11 is 0. The Kier molecular flexibility index (Phi) is 7.75. The number of amides is 1. The van der Waals surface area contributed by atoms with Gasteiger partial charge in [0.05, 0.1) is 6.54 Å². The molecule has 0 aromatic heterocycles. The molecule has 0 spiro atoms. The fourth-order valence-corrected chi connectivity index (χ4v) is 1.90. The maximum atomic E-state index is 11.7. The minimum atomic E-state index is 0. The number of nitrogens with one attached hydrogen (secondary N) is 1. The van der Waals surface area contributed by atoms with Crippen molar-refractivity contribution in [1.29, 1.82) is 0 Å². The number of carbonyl (C=O) groups excluding carboxylic acids is 1. The molecule has 1 aliphatic rings. The van der Waals surface area contributed by atoms with Gasteiger partial charge in [0.15, 0.2) is 0 Å². The summed E-state index contributed by atoms with van der Waals surface area (Å²) in [5.74, 6) is 0.600. The summed E-state index contributed by atoms with van der Waals surface area (Å²) in [5, 5.41) is 3.02. The van der Waals surface area contributed by atoms with E-state index >= 15 is 0 Å². The molecule has 3 N–H and O–H groups in total. The first-order valence-corrected chi connectivity index (χ1v) is 6.26. The Morgan fingerprint density at radius 3 is 2.65 bits per heavy atom. The third-order valence-corrected chi connectivity index (χ3v) is 3.30. The third-order valence-electron chi connectivity index (χ3n) is 3.30. The van der Waals surface area contributed by atoms with E-state index in [2.05, 4.69) is 24.1 Å². The molecule has 5 heteroatoms. The monoisotopic (exact) mass is 263 g/mol. The molecule has 0 radical (unpaired) electrons. The average Bonchev–Trinajstić information content (AvgIpc) is 2.16. The Balaban J connectivity index is 0.00000256. The van der Waals surface area contributed by atoms with Gasteiger partial charge in [0.2, 0.25) is 5.91 Å². The third kappa shape index (κ3) is 6.24. The van der Waals surface area contributed by atoms with Gasteiger partial charge in [-0.25, -0.2) is 0 Å². The lowest BCUT2D eigenvalue weighted by Crippen LogP contribution is -2.48. The summed E-state index contributed by atoms with van der Waals surface area (Å²) in [6, 6.07) is 0.482. The van der Waals surface area contributed by atoms with Crippen LogP contribution in [0.3, 0.4) is 0 Å². The average molecular weight is 264 g/mol. The molecule has 4 nitrogen and oxygen atoms in total. The molecule has 1 fully saturated rings. The number of hydrogen-bond donors (Lipinski definition) is 2. The van der Waals surface area contributed by atoms with Crippen molar-refractivity contribution in [2.45, 2.75) is 45.7 Å². The van der Waals surface area contributed by atoms with Gasteiger partial charge in [-0.1, -0.05) is 13.8 Å². The molecule has 0 saturated carbocycles.